The summed E-state index contributed by atoms with van der Waals surface area (Å²) in [5.41, 5.74) is 1.58. The van der Waals surface area contributed by atoms with E-state index in [-0.39, 0.29) is 10.8 Å². The van der Waals surface area contributed by atoms with E-state index in [0.717, 1.165) is 9.87 Å². The maximum absolute atomic E-state index is 12.8. The van der Waals surface area contributed by atoms with E-state index in [1.165, 1.54) is 25.5 Å². The first kappa shape index (κ1) is 19.9. The van der Waals surface area contributed by atoms with Gasteiger partial charge in [-0.2, -0.15) is 0 Å². The van der Waals surface area contributed by atoms with Crippen molar-refractivity contribution in [3.05, 3.63) is 53.9 Å². The second-order valence-electron chi connectivity index (χ2n) is 5.82. The minimum absolute atomic E-state index is 0.181. The van der Waals surface area contributed by atoms with Gasteiger partial charge >= 0.3 is 0 Å². The molecular formula is C18H23N3O4S. The van der Waals surface area contributed by atoms with Crippen LogP contribution in [0.1, 0.15) is 22.3 Å². The van der Waals surface area contributed by atoms with Crippen LogP contribution in [0, 0.1) is 6.92 Å². The standard InChI is InChI=1S/C18H23N3O4S/c1-14-5-7-17(8-6-14)26(23,24)21(2)16-11-15(12-19-13-16)18(22)20-9-4-10-25-3/h5-8,11-13H,4,9-10H2,1-3H3,(H,20,22). The molecule has 0 atom stereocenters. The molecule has 1 N–H and O–H groups in total. The topological polar surface area (TPSA) is 88.6 Å². The number of amides is 1. The Hall–Kier alpha value is -2.45. The molecule has 0 fully saturated rings. The summed E-state index contributed by atoms with van der Waals surface area (Å²) in [7, 11) is -0.697. The zero-order valence-corrected chi connectivity index (χ0v) is 15.9. The number of carbonyl (C=O) groups is 1. The molecule has 1 aromatic carbocycles. The van der Waals surface area contributed by atoms with Crippen molar-refractivity contribution in [1.82, 2.24) is 10.3 Å². The third-order valence-electron chi connectivity index (χ3n) is 3.84. The quantitative estimate of drug-likeness (QED) is 0.711. The van der Waals surface area contributed by atoms with Crippen LogP contribution in [0.15, 0.2) is 47.6 Å². The number of rotatable bonds is 8. The smallest absolute Gasteiger partial charge is 0.264 e. The summed E-state index contributed by atoms with van der Waals surface area (Å²) in [5, 5.41) is 2.75. The summed E-state index contributed by atoms with van der Waals surface area (Å²) in [5.74, 6) is -0.309. The van der Waals surface area contributed by atoms with E-state index in [1.807, 2.05) is 6.92 Å². The number of carbonyl (C=O) groups excluding carboxylic acids is 1. The van der Waals surface area contributed by atoms with Gasteiger partial charge in [0.1, 0.15) is 0 Å². The molecule has 2 aromatic rings. The van der Waals surface area contributed by atoms with Crippen LogP contribution < -0.4 is 9.62 Å². The highest BCUT2D eigenvalue weighted by atomic mass is 32.2. The lowest BCUT2D eigenvalue weighted by atomic mass is 10.2. The van der Waals surface area contributed by atoms with Crippen LogP contribution in [0.2, 0.25) is 0 Å². The molecule has 0 radical (unpaired) electrons. The summed E-state index contributed by atoms with van der Waals surface area (Å²) in [4.78, 5) is 16.4. The van der Waals surface area contributed by atoms with Crippen LogP contribution in [0.4, 0.5) is 5.69 Å². The van der Waals surface area contributed by atoms with Crippen molar-refractivity contribution in [2.75, 3.05) is 31.6 Å². The van der Waals surface area contributed by atoms with Gasteiger partial charge in [-0.15, -0.1) is 0 Å². The number of benzene rings is 1. The summed E-state index contributed by atoms with van der Waals surface area (Å²) >= 11 is 0. The van der Waals surface area contributed by atoms with Gasteiger partial charge in [-0.25, -0.2) is 8.42 Å². The summed E-state index contributed by atoms with van der Waals surface area (Å²) in [6.07, 6.45) is 3.51. The zero-order chi connectivity index (χ0) is 19.2. The molecule has 1 amide bonds. The Labute approximate surface area is 154 Å². The van der Waals surface area contributed by atoms with E-state index in [4.69, 9.17) is 4.74 Å². The molecule has 2 rings (SSSR count). The molecule has 1 aromatic heterocycles. The van der Waals surface area contributed by atoms with Gasteiger partial charge in [0.15, 0.2) is 0 Å². The van der Waals surface area contributed by atoms with Gasteiger partial charge in [-0.1, -0.05) is 17.7 Å². The minimum atomic E-state index is -3.73. The van der Waals surface area contributed by atoms with Crippen molar-refractivity contribution in [3.63, 3.8) is 0 Å². The highest BCUT2D eigenvalue weighted by Gasteiger charge is 2.22. The first-order valence-corrected chi connectivity index (χ1v) is 9.58. The van der Waals surface area contributed by atoms with Crippen molar-refractivity contribution in [1.29, 1.82) is 0 Å². The number of hydrogen-bond donors (Lipinski definition) is 1. The molecule has 0 bridgehead atoms. The molecule has 0 saturated carbocycles. The van der Waals surface area contributed by atoms with E-state index in [1.54, 1.807) is 31.4 Å². The Kier molecular flexibility index (Phi) is 6.70. The van der Waals surface area contributed by atoms with Crippen LogP contribution in [0.25, 0.3) is 0 Å². The number of aryl methyl sites for hydroxylation is 1. The van der Waals surface area contributed by atoms with Crippen LogP contribution in [0.3, 0.4) is 0 Å². The van der Waals surface area contributed by atoms with E-state index in [9.17, 15) is 13.2 Å². The Morgan fingerprint density at radius 3 is 2.58 bits per heavy atom. The molecule has 0 saturated heterocycles. The lowest BCUT2D eigenvalue weighted by Gasteiger charge is -2.19. The van der Waals surface area contributed by atoms with Gasteiger partial charge in [-0.05, 0) is 31.5 Å². The number of ether oxygens (including phenoxy) is 1. The van der Waals surface area contributed by atoms with Crippen molar-refractivity contribution in [2.45, 2.75) is 18.2 Å². The van der Waals surface area contributed by atoms with Gasteiger partial charge in [0.25, 0.3) is 15.9 Å². The highest BCUT2D eigenvalue weighted by Crippen LogP contribution is 2.22. The summed E-state index contributed by atoms with van der Waals surface area (Å²) < 4.78 is 31.6. The minimum Gasteiger partial charge on any atom is -0.385 e. The van der Waals surface area contributed by atoms with Crippen molar-refractivity contribution >= 4 is 21.6 Å². The van der Waals surface area contributed by atoms with Crippen LogP contribution in [0.5, 0.6) is 0 Å². The fourth-order valence-electron chi connectivity index (χ4n) is 2.25. The number of anilines is 1. The largest absolute Gasteiger partial charge is 0.385 e. The van der Waals surface area contributed by atoms with Gasteiger partial charge in [-0.3, -0.25) is 14.1 Å². The predicted octanol–water partition coefficient (Wildman–Crippen LogP) is 1.98. The zero-order valence-electron chi connectivity index (χ0n) is 15.1. The summed E-state index contributed by atoms with van der Waals surface area (Å²) in [6.45, 7) is 2.91. The molecule has 0 spiro atoms. The monoisotopic (exact) mass is 377 g/mol. The third-order valence-corrected chi connectivity index (χ3v) is 5.64. The number of hydrogen-bond acceptors (Lipinski definition) is 5. The average molecular weight is 377 g/mol. The first-order valence-electron chi connectivity index (χ1n) is 8.14. The molecule has 0 unspecified atom stereocenters. The van der Waals surface area contributed by atoms with E-state index in [2.05, 4.69) is 10.3 Å². The maximum atomic E-state index is 12.8. The second kappa shape index (κ2) is 8.77. The summed E-state index contributed by atoms with van der Waals surface area (Å²) in [6, 6.07) is 8.10. The van der Waals surface area contributed by atoms with Gasteiger partial charge in [0, 0.05) is 33.5 Å². The van der Waals surface area contributed by atoms with Crippen LogP contribution in [-0.2, 0) is 14.8 Å². The normalized spacial score (nSPS) is 11.2. The number of nitrogens with zero attached hydrogens (tertiary/aromatic N) is 2. The molecule has 0 aliphatic heterocycles. The number of pyridine rings is 1. The fraction of sp³-hybridized carbons (Fsp3) is 0.333. The molecule has 7 nitrogen and oxygen atoms in total. The average Bonchev–Trinajstić information content (AvgIpc) is 2.65. The van der Waals surface area contributed by atoms with E-state index < -0.39 is 10.0 Å². The number of sulfonamides is 1. The van der Waals surface area contributed by atoms with Crippen molar-refractivity contribution in [2.24, 2.45) is 0 Å². The van der Waals surface area contributed by atoms with Gasteiger partial charge < -0.3 is 10.1 Å². The molecule has 140 valence electrons. The maximum Gasteiger partial charge on any atom is 0.264 e. The Morgan fingerprint density at radius 2 is 1.92 bits per heavy atom. The molecule has 0 aliphatic rings. The third kappa shape index (κ3) is 4.80. The SMILES string of the molecule is COCCCNC(=O)c1cncc(N(C)S(=O)(=O)c2ccc(C)cc2)c1. The molecular weight excluding hydrogens is 354 g/mol. The van der Waals surface area contributed by atoms with Crippen LogP contribution >= 0.6 is 0 Å². The van der Waals surface area contributed by atoms with Crippen LogP contribution in [-0.4, -0.2) is 46.6 Å². The highest BCUT2D eigenvalue weighted by molar-refractivity contribution is 7.92. The number of aromatic nitrogens is 1. The molecule has 26 heavy (non-hydrogen) atoms. The lowest BCUT2D eigenvalue weighted by molar-refractivity contribution is 0.0948. The first-order chi connectivity index (χ1) is 12.4. The Morgan fingerprint density at radius 1 is 1.23 bits per heavy atom. The van der Waals surface area contributed by atoms with Crippen molar-refractivity contribution in [3.8, 4) is 0 Å². The Bertz CT molecular complexity index is 851. The van der Waals surface area contributed by atoms with Gasteiger partial charge in [0.2, 0.25) is 0 Å². The lowest BCUT2D eigenvalue weighted by Crippen LogP contribution is -2.28. The van der Waals surface area contributed by atoms with E-state index in [0.29, 0.717) is 30.8 Å². The fourth-order valence-corrected chi connectivity index (χ4v) is 3.43. The van der Waals surface area contributed by atoms with Crippen molar-refractivity contribution < 1.29 is 17.9 Å². The number of nitrogens with one attached hydrogen (secondary N) is 1. The van der Waals surface area contributed by atoms with Gasteiger partial charge in [0.05, 0.1) is 22.3 Å². The number of methoxy groups -OCH3 is 1. The predicted molar refractivity (Wildman–Crippen MR) is 99.8 cm³/mol. The molecule has 8 heteroatoms. The molecule has 1 heterocycles. The Balaban J connectivity index is 2.18. The van der Waals surface area contributed by atoms with E-state index >= 15 is 0 Å². The molecule has 0 aliphatic carbocycles. The second-order valence-corrected chi connectivity index (χ2v) is 7.79.